The van der Waals surface area contributed by atoms with Crippen LogP contribution in [0.3, 0.4) is 0 Å². The lowest BCUT2D eigenvalue weighted by Gasteiger charge is -2.45. The number of carbonyl (C=O) groups excluding carboxylic acids is 2. The molecule has 1 aliphatic heterocycles. The largest absolute Gasteiger partial charge is 0.493 e. The maximum atomic E-state index is 14.3. The van der Waals surface area contributed by atoms with Crippen LogP contribution >= 0.6 is 0 Å². The Morgan fingerprint density at radius 2 is 1.46 bits per heavy atom. The van der Waals surface area contributed by atoms with Crippen LogP contribution in [0, 0.1) is 11.8 Å². The highest BCUT2D eigenvalue weighted by molar-refractivity contribution is 5.95. The van der Waals surface area contributed by atoms with Crippen LogP contribution in [0.25, 0.3) is 0 Å². The van der Waals surface area contributed by atoms with Crippen LogP contribution in [0.4, 0.5) is 0 Å². The molecule has 1 heterocycles. The number of ether oxygens (including phenoxy) is 4. The van der Waals surface area contributed by atoms with Gasteiger partial charge in [0.25, 0.3) is 0 Å². The minimum Gasteiger partial charge on any atom is -0.493 e. The standard InChI is InChI=1S/C28H39NO6/c1-32-23-17-21(18-24(33-2)25(23)34-3)28(20-13-7-8-14-20,19-11-5-4-6-12-19)27(31)35-26(30)22-15-9-10-16-29-22/h7-8,17-20,22,29H,4-6,9-16H2,1-3H3/t22?,28-/m0/s1. The smallest absolute Gasteiger partial charge is 0.330 e. The molecule has 1 aromatic carbocycles. The summed E-state index contributed by atoms with van der Waals surface area (Å²) in [4.78, 5) is 27.5. The van der Waals surface area contributed by atoms with Crippen molar-refractivity contribution in [2.45, 2.75) is 75.7 Å². The molecule has 2 atom stereocenters. The van der Waals surface area contributed by atoms with Crippen molar-refractivity contribution < 1.29 is 28.5 Å². The van der Waals surface area contributed by atoms with Crippen molar-refractivity contribution in [2.75, 3.05) is 27.9 Å². The van der Waals surface area contributed by atoms with Gasteiger partial charge < -0.3 is 24.3 Å². The molecule has 3 aliphatic rings. The van der Waals surface area contributed by atoms with E-state index in [1.807, 2.05) is 12.1 Å². The van der Waals surface area contributed by atoms with Gasteiger partial charge in [-0.3, -0.25) is 4.79 Å². The quantitative estimate of drug-likeness (QED) is 0.324. The van der Waals surface area contributed by atoms with Gasteiger partial charge in [0, 0.05) is 0 Å². The van der Waals surface area contributed by atoms with E-state index in [0.717, 1.165) is 69.9 Å². The molecule has 0 aromatic heterocycles. The van der Waals surface area contributed by atoms with Crippen LogP contribution in [0.5, 0.6) is 17.2 Å². The Bertz CT molecular complexity index is 898. The van der Waals surface area contributed by atoms with Crippen LogP contribution < -0.4 is 19.5 Å². The average molecular weight is 486 g/mol. The molecule has 0 radical (unpaired) electrons. The Morgan fingerprint density at radius 1 is 0.829 bits per heavy atom. The Balaban J connectivity index is 1.83. The molecule has 4 rings (SSSR count). The first-order valence-corrected chi connectivity index (χ1v) is 13.0. The van der Waals surface area contributed by atoms with Gasteiger partial charge in [0.05, 0.1) is 26.7 Å². The van der Waals surface area contributed by atoms with Gasteiger partial charge in [-0.05, 0) is 74.6 Å². The lowest BCUT2D eigenvalue weighted by Crippen LogP contribution is -2.52. The third kappa shape index (κ3) is 4.92. The van der Waals surface area contributed by atoms with Gasteiger partial charge in [-0.25, -0.2) is 4.79 Å². The minimum absolute atomic E-state index is 0.00646. The highest BCUT2D eigenvalue weighted by Crippen LogP contribution is 2.53. The van der Waals surface area contributed by atoms with E-state index in [0.29, 0.717) is 23.7 Å². The fourth-order valence-corrected chi connectivity index (χ4v) is 6.42. The number of rotatable bonds is 8. The predicted octanol–water partition coefficient (Wildman–Crippen LogP) is 4.71. The topological polar surface area (TPSA) is 83.1 Å². The minimum atomic E-state index is -0.985. The Labute approximate surface area is 208 Å². The van der Waals surface area contributed by atoms with E-state index in [9.17, 15) is 9.59 Å². The van der Waals surface area contributed by atoms with Crippen molar-refractivity contribution in [1.29, 1.82) is 0 Å². The van der Waals surface area contributed by atoms with Crippen LogP contribution in [-0.4, -0.2) is 45.9 Å². The molecule has 2 aliphatic carbocycles. The first kappa shape index (κ1) is 25.5. The molecule has 0 spiro atoms. The fraction of sp³-hybridized carbons (Fsp3) is 0.643. The van der Waals surface area contributed by atoms with Gasteiger partial charge in [-0.15, -0.1) is 0 Å². The summed E-state index contributed by atoms with van der Waals surface area (Å²) >= 11 is 0. The van der Waals surface area contributed by atoms with Crippen molar-refractivity contribution in [3.63, 3.8) is 0 Å². The Morgan fingerprint density at radius 3 is 2.00 bits per heavy atom. The monoisotopic (exact) mass is 485 g/mol. The second-order valence-electron chi connectivity index (χ2n) is 9.97. The first-order chi connectivity index (χ1) is 17.1. The van der Waals surface area contributed by atoms with E-state index in [4.69, 9.17) is 18.9 Å². The molecule has 1 N–H and O–H groups in total. The number of benzene rings is 1. The van der Waals surface area contributed by atoms with Gasteiger partial charge in [-0.2, -0.15) is 0 Å². The van der Waals surface area contributed by atoms with Crippen molar-refractivity contribution >= 4 is 11.9 Å². The van der Waals surface area contributed by atoms with Crippen LogP contribution in [0.2, 0.25) is 0 Å². The molecule has 7 nitrogen and oxygen atoms in total. The fourth-order valence-electron chi connectivity index (χ4n) is 6.42. The molecule has 0 bridgehead atoms. The molecule has 192 valence electrons. The van der Waals surface area contributed by atoms with Gasteiger partial charge in [-0.1, -0.05) is 37.8 Å². The van der Waals surface area contributed by atoms with Gasteiger partial charge in [0.2, 0.25) is 5.75 Å². The highest BCUT2D eigenvalue weighted by atomic mass is 16.6. The second-order valence-corrected chi connectivity index (χ2v) is 9.97. The zero-order valence-corrected chi connectivity index (χ0v) is 21.3. The SMILES string of the molecule is COc1cc([C@@](C(=O)OC(=O)C2CCCCN2)(C2CC=CC2)C2CCCCC2)cc(OC)c1OC. The summed E-state index contributed by atoms with van der Waals surface area (Å²) in [6.07, 6.45) is 13.6. The molecule has 2 fully saturated rings. The van der Waals surface area contributed by atoms with Crippen molar-refractivity contribution in [3.05, 3.63) is 29.8 Å². The Hall–Kier alpha value is -2.54. The van der Waals surface area contributed by atoms with E-state index in [1.54, 1.807) is 21.3 Å². The number of allylic oxidation sites excluding steroid dienone is 2. The molecule has 0 amide bonds. The van der Waals surface area contributed by atoms with E-state index in [1.165, 1.54) is 0 Å². The van der Waals surface area contributed by atoms with Crippen molar-refractivity contribution in [2.24, 2.45) is 11.8 Å². The predicted molar refractivity (Wildman–Crippen MR) is 133 cm³/mol. The lowest BCUT2D eigenvalue weighted by atomic mass is 9.58. The number of esters is 2. The van der Waals surface area contributed by atoms with Crippen molar-refractivity contribution in [3.8, 4) is 17.2 Å². The number of hydrogen-bond donors (Lipinski definition) is 1. The summed E-state index contributed by atoms with van der Waals surface area (Å²) in [5.74, 6) is 0.633. The average Bonchev–Trinajstić information content (AvgIpc) is 3.44. The van der Waals surface area contributed by atoms with Crippen LogP contribution in [0.1, 0.15) is 69.8 Å². The molecular weight excluding hydrogens is 446 g/mol. The molecule has 7 heteroatoms. The zero-order chi connectivity index (χ0) is 24.8. The number of piperidine rings is 1. The molecule has 1 unspecified atom stereocenters. The molecule has 1 aromatic rings. The highest BCUT2D eigenvalue weighted by Gasteiger charge is 2.55. The normalized spacial score (nSPS) is 22.9. The lowest BCUT2D eigenvalue weighted by molar-refractivity contribution is -0.170. The molecule has 1 saturated carbocycles. The van der Waals surface area contributed by atoms with Gasteiger partial charge >= 0.3 is 11.9 Å². The van der Waals surface area contributed by atoms with E-state index in [-0.39, 0.29) is 11.8 Å². The van der Waals surface area contributed by atoms with Gasteiger partial charge in [0.1, 0.15) is 6.04 Å². The number of nitrogens with one attached hydrogen (secondary N) is 1. The third-order valence-corrected chi connectivity index (χ3v) is 8.17. The third-order valence-electron chi connectivity index (χ3n) is 8.17. The molecular formula is C28H39NO6. The summed E-state index contributed by atoms with van der Waals surface area (Å²) in [7, 11) is 4.73. The number of carbonyl (C=O) groups is 2. The summed E-state index contributed by atoms with van der Waals surface area (Å²) in [5.41, 5.74) is -0.205. The Kier molecular flexibility index (Phi) is 8.37. The second kappa shape index (κ2) is 11.5. The summed E-state index contributed by atoms with van der Waals surface area (Å²) < 4.78 is 22.7. The maximum Gasteiger partial charge on any atom is 0.330 e. The first-order valence-electron chi connectivity index (χ1n) is 13.0. The van der Waals surface area contributed by atoms with Crippen LogP contribution in [-0.2, 0) is 19.7 Å². The van der Waals surface area contributed by atoms with E-state index in [2.05, 4.69) is 17.5 Å². The van der Waals surface area contributed by atoms with Crippen LogP contribution in [0.15, 0.2) is 24.3 Å². The maximum absolute atomic E-state index is 14.3. The number of hydrogen-bond acceptors (Lipinski definition) is 7. The summed E-state index contributed by atoms with van der Waals surface area (Å²) in [6.45, 7) is 0.765. The van der Waals surface area contributed by atoms with Crippen molar-refractivity contribution in [1.82, 2.24) is 5.32 Å². The molecule has 35 heavy (non-hydrogen) atoms. The van der Waals surface area contributed by atoms with Gasteiger partial charge in [0.15, 0.2) is 11.5 Å². The summed E-state index contributed by atoms with van der Waals surface area (Å²) in [5, 5.41) is 3.22. The zero-order valence-electron chi connectivity index (χ0n) is 21.3. The van der Waals surface area contributed by atoms with E-state index >= 15 is 0 Å². The van der Waals surface area contributed by atoms with E-state index < -0.39 is 23.4 Å². The molecule has 1 saturated heterocycles. The summed E-state index contributed by atoms with van der Waals surface area (Å²) in [6, 6.07) is 3.34. The number of methoxy groups -OCH3 is 3.